The molecule has 1 saturated heterocycles. The minimum absolute atomic E-state index is 0.340. The molecular formula is C16H25N3O. The van der Waals surface area contributed by atoms with Crippen molar-refractivity contribution in [2.24, 2.45) is 5.73 Å². The zero-order valence-corrected chi connectivity index (χ0v) is 12.7. The number of nitrogens with two attached hydrogens (primary N) is 1. The Kier molecular flexibility index (Phi) is 4.78. The standard InChI is InChI=1S/C16H25N3O/c1-11-4-5-14(16(17)20)12(2)15(11)10-19(3)13-6-8-18-9-7-13/h4-5,13,18H,6-10H2,1-3H3,(H2,17,20). The Morgan fingerprint density at radius 2 is 2.00 bits per heavy atom. The van der Waals surface area contributed by atoms with E-state index in [0.29, 0.717) is 11.6 Å². The van der Waals surface area contributed by atoms with E-state index in [2.05, 4.69) is 24.2 Å². The van der Waals surface area contributed by atoms with Gasteiger partial charge in [0.25, 0.3) is 0 Å². The summed E-state index contributed by atoms with van der Waals surface area (Å²) in [7, 11) is 2.17. The van der Waals surface area contributed by atoms with Gasteiger partial charge in [-0.2, -0.15) is 0 Å². The predicted octanol–water partition coefficient (Wildman–Crippen LogP) is 1.59. The van der Waals surface area contributed by atoms with Crippen molar-refractivity contribution in [3.05, 3.63) is 34.4 Å². The van der Waals surface area contributed by atoms with Crippen LogP contribution >= 0.6 is 0 Å². The van der Waals surface area contributed by atoms with Crippen LogP contribution in [-0.4, -0.2) is 37.0 Å². The SMILES string of the molecule is Cc1ccc(C(N)=O)c(C)c1CN(C)C1CCNCC1. The van der Waals surface area contributed by atoms with Crippen molar-refractivity contribution in [1.82, 2.24) is 10.2 Å². The summed E-state index contributed by atoms with van der Waals surface area (Å²) in [6.45, 7) is 7.16. The van der Waals surface area contributed by atoms with Gasteiger partial charge in [-0.3, -0.25) is 9.69 Å². The number of amides is 1. The average molecular weight is 275 g/mol. The second-order valence-electron chi connectivity index (χ2n) is 5.79. The molecule has 1 aromatic carbocycles. The van der Waals surface area contributed by atoms with Crippen LogP contribution in [0.2, 0.25) is 0 Å². The van der Waals surface area contributed by atoms with Crippen LogP contribution in [0.5, 0.6) is 0 Å². The van der Waals surface area contributed by atoms with Gasteiger partial charge in [-0.25, -0.2) is 0 Å². The van der Waals surface area contributed by atoms with Gasteiger partial charge in [-0.15, -0.1) is 0 Å². The average Bonchev–Trinajstić information content (AvgIpc) is 2.43. The van der Waals surface area contributed by atoms with E-state index in [1.165, 1.54) is 24.0 Å². The van der Waals surface area contributed by atoms with Gasteiger partial charge in [0.2, 0.25) is 5.91 Å². The first kappa shape index (κ1) is 15.0. The van der Waals surface area contributed by atoms with Gasteiger partial charge in [0.1, 0.15) is 0 Å². The molecule has 0 spiro atoms. The van der Waals surface area contributed by atoms with Gasteiger partial charge in [0.15, 0.2) is 0 Å². The highest BCUT2D eigenvalue weighted by Crippen LogP contribution is 2.22. The second kappa shape index (κ2) is 6.37. The molecule has 110 valence electrons. The number of piperidine rings is 1. The molecule has 1 aliphatic heterocycles. The summed E-state index contributed by atoms with van der Waals surface area (Å²) in [5.41, 5.74) is 9.58. The zero-order chi connectivity index (χ0) is 14.7. The summed E-state index contributed by atoms with van der Waals surface area (Å²) in [6, 6.07) is 4.45. The van der Waals surface area contributed by atoms with Crippen LogP contribution in [0.25, 0.3) is 0 Å². The smallest absolute Gasteiger partial charge is 0.248 e. The number of hydrogen-bond donors (Lipinski definition) is 2. The maximum absolute atomic E-state index is 11.5. The summed E-state index contributed by atoms with van der Waals surface area (Å²) in [4.78, 5) is 13.9. The Bertz CT molecular complexity index is 493. The Morgan fingerprint density at radius 3 is 2.60 bits per heavy atom. The molecule has 20 heavy (non-hydrogen) atoms. The third kappa shape index (κ3) is 3.19. The van der Waals surface area contributed by atoms with Gasteiger partial charge in [0.05, 0.1) is 0 Å². The molecule has 0 aromatic heterocycles. The minimum Gasteiger partial charge on any atom is -0.366 e. The number of carbonyl (C=O) groups excluding carboxylic acids is 1. The largest absolute Gasteiger partial charge is 0.366 e. The molecule has 0 unspecified atom stereocenters. The second-order valence-corrected chi connectivity index (χ2v) is 5.79. The molecule has 0 aliphatic carbocycles. The molecule has 4 nitrogen and oxygen atoms in total. The fraction of sp³-hybridized carbons (Fsp3) is 0.562. The van der Waals surface area contributed by atoms with Crippen molar-refractivity contribution < 1.29 is 4.79 Å². The molecule has 1 heterocycles. The number of primary amides is 1. The topological polar surface area (TPSA) is 58.4 Å². The molecule has 1 fully saturated rings. The number of rotatable bonds is 4. The zero-order valence-electron chi connectivity index (χ0n) is 12.7. The molecular weight excluding hydrogens is 250 g/mol. The van der Waals surface area contributed by atoms with Crippen molar-refractivity contribution in [2.45, 2.75) is 39.3 Å². The van der Waals surface area contributed by atoms with E-state index in [9.17, 15) is 4.79 Å². The molecule has 0 saturated carbocycles. The van der Waals surface area contributed by atoms with Crippen LogP contribution in [0.1, 0.15) is 39.9 Å². The van der Waals surface area contributed by atoms with Gasteiger partial charge >= 0.3 is 0 Å². The highest BCUT2D eigenvalue weighted by atomic mass is 16.1. The maximum atomic E-state index is 11.5. The molecule has 3 N–H and O–H groups in total. The third-order valence-electron chi connectivity index (χ3n) is 4.44. The van der Waals surface area contributed by atoms with Crippen molar-refractivity contribution in [3.8, 4) is 0 Å². The normalized spacial score (nSPS) is 16.6. The number of hydrogen-bond acceptors (Lipinski definition) is 3. The van der Waals surface area contributed by atoms with E-state index >= 15 is 0 Å². The summed E-state index contributed by atoms with van der Waals surface area (Å²) >= 11 is 0. The van der Waals surface area contributed by atoms with Gasteiger partial charge in [0, 0.05) is 18.2 Å². The highest BCUT2D eigenvalue weighted by molar-refractivity contribution is 5.94. The van der Waals surface area contributed by atoms with E-state index in [0.717, 1.165) is 25.2 Å². The van der Waals surface area contributed by atoms with Crippen molar-refractivity contribution >= 4 is 5.91 Å². The molecule has 0 atom stereocenters. The van der Waals surface area contributed by atoms with Crippen LogP contribution in [0, 0.1) is 13.8 Å². The van der Waals surface area contributed by atoms with Crippen LogP contribution in [0.4, 0.5) is 0 Å². The monoisotopic (exact) mass is 275 g/mol. The van der Waals surface area contributed by atoms with E-state index in [4.69, 9.17) is 5.73 Å². The maximum Gasteiger partial charge on any atom is 0.248 e. The van der Waals surface area contributed by atoms with E-state index < -0.39 is 0 Å². The molecule has 1 aromatic rings. The molecule has 1 amide bonds. The molecule has 1 aliphatic rings. The van der Waals surface area contributed by atoms with Gasteiger partial charge in [-0.05, 0) is 69.6 Å². The summed E-state index contributed by atoms with van der Waals surface area (Å²) in [5.74, 6) is -0.340. The van der Waals surface area contributed by atoms with Crippen molar-refractivity contribution in [3.63, 3.8) is 0 Å². The summed E-state index contributed by atoms with van der Waals surface area (Å²) < 4.78 is 0. The van der Waals surface area contributed by atoms with Crippen molar-refractivity contribution in [1.29, 1.82) is 0 Å². The van der Waals surface area contributed by atoms with E-state index in [-0.39, 0.29) is 5.91 Å². The Labute approximate surface area is 121 Å². The van der Waals surface area contributed by atoms with Gasteiger partial charge in [-0.1, -0.05) is 6.07 Å². The summed E-state index contributed by atoms with van der Waals surface area (Å²) in [5, 5.41) is 3.39. The third-order valence-corrected chi connectivity index (χ3v) is 4.44. The van der Waals surface area contributed by atoms with Crippen LogP contribution in [0.15, 0.2) is 12.1 Å². The number of nitrogens with zero attached hydrogens (tertiary/aromatic N) is 1. The lowest BCUT2D eigenvalue weighted by molar-refractivity contribution is 0.0999. The molecule has 2 rings (SSSR count). The highest BCUT2D eigenvalue weighted by Gasteiger charge is 2.20. The quantitative estimate of drug-likeness (QED) is 0.877. The summed E-state index contributed by atoms with van der Waals surface area (Å²) in [6.07, 6.45) is 2.37. The number of aryl methyl sites for hydroxylation is 1. The van der Waals surface area contributed by atoms with E-state index in [1.807, 2.05) is 19.1 Å². The van der Waals surface area contributed by atoms with Crippen LogP contribution in [0.3, 0.4) is 0 Å². The van der Waals surface area contributed by atoms with Crippen molar-refractivity contribution in [2.75, 3.05) is 20.1 Å². The Balaban J connectivity index is 2.19. The number of benzene rings is 1. The first-order valence-corrected chi connectivity index (χ1v) is 7.30. The first-order valence-electron chi connectivity index (χ1n) is 7.30. The lowest BCUT2D eigenvalue weighted by Crippen LogP contribution is -2.41. The Morgan fingerprint density at radius 1 is 1.35 bits per heavy atom. The fourth-order valence-electron chi connectivity index (χ4n) is 3.03. The minimum atomic E-state index is -0.340. The number of nitrogens with one attached hydrogen (secondary N) is 1. The van der Waals surface area contributed by atoms with Gasteiger partial charge < -0.3 is 11.1 Å². The fourth-order valence-corrected chi connectivity index (χ4v) is 3.03. The molecule has 4 heteroatoms. The van der Waals surface area contributed by atoms with Crippen LogP contribution < -0.4 is 11.1 Å². The predicted molar refractivity (Wildman–Crippen MR) is 81.8 cm³/mol. The Hall–Kier alpha value is -1.39. The lowest BCUT2D eigenvalue weighted by Gasteiger charge is -2.32. The van der Waals surface area contributed by atoms with Crippen LogP contribution in [-0.2, 0) is 6.54 Å². The molecule has 0 radical (unpaired) electrons. The molecule has 0 bridgehead atoms. The van der Waals surface area contributed by atoms with E-state index in [1.54, 1.807) is 0 Å². The lowest BCUT2D eigenvalue weighted by atomic mass is 9.96. The number of carbonyl (C=O) groups is 1. The first-order chi connectivity index (χ1) is 9.50.